The second-order valence-corrected chi connectivity index (χ2v) is 7.93. The van der Waals surface area contributed by atoms with Crippen molar-refractivity contribution in [2.24, 2.45) is 0 Å². The van der Waals surface area contributed by atoms with Gasteiger partial charge in [-0.3, -0.25) is 0 Å². The first-order chi connectivity index (χ1) is 17.4. The highest BCUT2D eigenvalue weighted by Crippen LogP contribution is 2.35. The van der Waals surface area contributed by atoms with E-state index in [1.807, 2.05) is 13.0 Å². The Morgan fingerprint density at radius 3 is 2.08 bits per heavy atom. The number of rotatable bonds is 8. The first-order valence-electron chi connectivity index (χ1n) is 11.0. The highest BCUT2D eigenvalue weighted by molar-refractivity contribution is 5.89. The summed E-state index contributed by atoms with van der Waals surface area (Å²) in [6.07, 6.45) is -3.88. The molecule has 0 spiro atoms. The van der Waals surface area contributed by atoms with Gasteiger partial charge in [0.1, 0.15) is 6.61 Å². The summed E-state index contributed by atoms with van der Waals surface area (Å²) >= 11 is 0. The van der Waals surface area contributed by atoms with Crippen molar-refractivity contribution in [1.82, 2.24) is 5.32 Å². The van der Waals surface area contributed by atoms with Crippen molar-refractivity contribution in [1.29, 1.82) is 0 Å². The van der Waals surface area contributed by atoms with Crippen LogP contribution in [0.25, 0.3) is 0 Å². The van der Waals surface area contributed by atoms with Gasteiger partial charge in [0.2, 0.25) is 0 Å². The van der Waals surface area contributed by atoms with Crippen LogP contribution in [0.15, 0.2) is 66.7 Å². The third kappa shape index (κ3) is 10.2. The molecule has 5 N–H and O–H groups in total. The van der Waals surface area contributed by atoms with Crippen molar-refractivity contribution in [3.8, 4) is 17.2 Å². The average molecular weight is 558 g/mol. The van der Waals surface area contributed by atoms with Crippen LogP contribution >= 0.6 is 12.4 Å². The molecule has 0 aliphatic rings. The van der Waals surface area contributed by atoms with Gasteiger partial charge in [0.05, 0.1) is 16.7 Å². The fourth-order valence-corrected chi connectivity index (χ4v) is 3.13. The molecule has 0 saturated carbocycles. The second-order valence-electron chi connectivity index (χ2n) is 7.93. The Morgan fingerprint density at radius 1 is 0.921 bits per heavy atom. The van der Waals surface area contributed by atoms with E-state index < -0.39 is 40.9 Å². The number of hydrogen-bond acceptors (Lipinski definition) is 7. The van der Waals surface area contributed by atoms with E-state index in [0.717, 1.165) is 24.3 Å². The van der Waals surface area contributed by atoms with Gasteiger partial charge >= 0.3 is 18.1 Å². The first-order valence-corrected chi connectivity index (χ1v) is 11.0. The molecule has 0 saturated heterocycles. The summed E-state index contributed by atoms with van der Waals surface area (Å²) in [5.74, 6) is -3.73. The molecule has 3 rings (SSSR count). The Labute approximate surface area is 222 Å². The minimum Gasteiger partial charge on any atom is -0.504 e. The molecule has 1 unspecified atom stereocenters. The number of carboxylic acid groups (broad SMARTS) is 1. The summed E-state index contributed by atoms with van der Waals surface area (Å²) in [6, 6.07) is 15.6. The quantitative estimate of drug-likeness (QED) is 0.148. The minimum absolute atomic E-state index is 0. The molecule has 0 fully saturated rings. The predicted molar refractivity (Wildman–Crippen MR) is 135 cm³/mol. The van der Waals surface area contributed by atoms with Crippen molar-refractivity contribution < 1.29 is 47.9 Å². The fourth-order valence-electron chi connectivity index (χ4n) is 3.13. The summed E-state index contributed by atoms with van der Waals surface area (Å²) in [6.45, 7) is 2.50. The maximum atomic E-state index is 12.7. The van der Waals surface area contributed by atoms with E-state index in [1.54, 1.807) is 30.3 Å². The minimum atomic E-state index is -4.34. The van der Waals surface area contributed by atoms with Crippen LogP contribution in [0.5, 0.6) is 17.2 Å². The summed E-state index contributed by atoms with van der Waals surface area (Å²) in [5, 5.41) is 38.1. The van der Waals surface area contributed by atoms with E-state index in [2.05, 4.69) is 5.32 Å². The molecule has 0 bridgehead atoms. The number of carboxylic acids is 1. The lowest BCUT2D eigenvalue weighted by Gasteiger charge is -2.15. The van der Waals surface area contributed by atoms with Crippen LogP contribution in [-0.4, -0.2) is 51.6 Å². The molecule has 0 aliphatic heterocycles. The molecule has 206 valence electrons. The van der Waals surface area contributed by atoms with Crippen LogP contribution in [0.1, 0.15) is 38.8 Å². The number of ether oxygens (including phenoxy) is 1. The SMILES string of the molecule is CC(Cc1cccc(C(F)(F)F)c1)NCCOC(=O)c1ccccc1.Cl.O=C(O)c1cc(O)c(O)c(O)c1. The predicted octanol–water partition coefficient (Wildman–Crippen LogP) is 5.01. The Hall–Kier alpha value is -3.96. The maximum Gasteiger partial charge on any atom is 0.416 e. The molecule has 0 heterocycles. The molecule has 3 aromatic rings. The number of carbonyl (C=O) groups excluding carboxylic acids is 1. The largest absolute Gasteiger partial charge is 0.504 e. The molecule has 8 nitrogen and oxygen atoms in total. The highest BCUT2D eigenvalue weighted by Gasteiger charge is 2.30. The zero-order valence-corrected chi connectivity index (χ0v) is 20.9. The Kier molecular flexibility index (Phi) is 12.4. The number of hydrogen-bond donors (Lipinski definition) is 5. The lowest BCUT2D eigenvalue weighted by Crippen LogP contribution is -2.31. The van der Waals surface area contributed by atoms with Crippen LogP contribution in [0.3, 0.4) is 0 Å². The molecular formula is C26H27ClF3NO7. The summed E-state index contributed by atoms with van der Waals surface area (Å²) in [7, 11) is 0. The average Bonchev–Trinajstić information content (AvgIpc) is 2.85. The second kappa shape index (κ2) is 14.7. The van der Waals surface area contributed by atoms with Gasteiger partial charge in [-0.25, -0.2) is 9.59 Å². The third-order valence-corrected chi connectivity index (χ3v) is 4.95. The summed E-state index contributed by atoms with van der Waals surface area (Å²) in [4.78, 5) is 22.1. The number of aromatic hydroxyl groups is 3. The number of halogens is 4. The molecule has 12 heteroatoms. The first kappa shape index (κ1) is 32.1. The van der Waals surface area contributed by atoms with Gasteiger partial charge in [-0.05, 0) is 49.2 Å². The van der Waals surface area contributed by atoms with Crippen molar-refractivity contribution >= 4 is 24.3 Å². The van der Waals surface area contributed by atoms with Gasteiger partial charge in [-0.1, -0.05) is 36.4 Å². The topological polar surface area (TPSA) is 136 Å². The fraction of sp³-hybridized carbons (Fsp3) is 0.231. The van der Waals surface area contributed by atoms with Gasteiger partial charge in [0.25, 0.3) is 0 Å². The standard InChI is InChI=1S/C19H20F3NO2.C7H6O5.ClH/c1-14(12-15-6-5-9-17(13-15)19(20,21)22)23-10-11-25-18(24)16-7-3-2-4-8-16;8-4-1-3(7(11)12)2-5(9)6(4)10;/h2-9,13-14,23H,10-12H2,1H3;1-2,8-10H,(H,11,12);1H. The van der Waals surface area contributed by atoms with Gasteiger partial charge in [0, 0.05) is 12.6 Å². The van der Waals surface area contributed by atoms with Crippen LogP contribution in [0.4, 0.5) is 13.2 Å². The molecule has 0 radical (unpaired) electrons. The van der Waals surface area contributed by atoms with E-state index >= 15 is 0 Å². The zero-order valence-electron chi connectivity index (χ0n) is 20.1. The molecular weight excluding hydrogens is 531 g/mol. The lowest BCUT2D eigenvalue weighted by molar-refractivity contribution is -0.137. The van der Waals surface area contributed by atoms with E-state index in [-0.39, 0.29) is 30.6 Å². The number of nitrogens with one attached hydrogen (secondary N) is 1. The number of esters is 1. The zero-order chi connectivity index (χ0) is 27.6. The molecule has 38 heavy (non-hydrogen) atoms. The number of benzene rings is 3. The maximum absolute atomic E-state index is 12.7. The summed E-state index contributed by atoms with van der Waals surface area (Å²) in [5.41, 5.74) is 0.160. The molecule has 3 aromatic carbocycles. The van der Waals surface area contributed by atoms with E-state index in [4.69, 9.17) is 25.2 Å². The Balaban J connectivity index is 0.000000468. The lowest BCUT2D eigenvalue weighted by atomic mass is 10.0. The summed E-state index contributed by atoms with van der Waals surface area (Å²) < 4.78 is 43.3. The van der Waals surface area contributed by atoms with Gasteiger partial charge in [-0.15, -0.1) is 12.4 Å². The molecule has 0 aliphatic carbocycles. The van der Waals surface area contributed by atoms with E-state index in [1.165, 1.54) is 6.07 Å². The van der Waals surface area contributed by atoms with Gasteiger partial charge in [0.15, 0.2) is 17.2 Å². The van der Waals surface area contributed by atoms with Crippen molar-refractivity contribution in [2.45, 2.75) is 25.6 Å². The highest BCUT2D eigenvalue weighted by atomic mass is 35.5. The van der Waals surface area contributed by atoms with Crippen LogP contribution in [0.2, 0.25) is 0 Å². The van der Waals surface area contributed by atoms with Crippen LogP contribution in [0, 0.1) is 0 Å². The van der Waals surface area contributed by atoms with Crippen LogP contribution < -0.4 is 5.32 Å². The molecule has 1 atom stereocenters. The Morgan fingerprint density at radius 2 is 1.53 bits per heavy atom. The number of carbonyl (C=O) groups is 2. The number of alkyl halides is 3. The third-order valence-electron chi connectivity index (χ3n) is 4.95. The Bertz CT molecular complexity index is 1180. The van der Waals surface area contributed by atoms with Crippen molar-refractivity contribution in [3.63, 3.8) is 0 Å². The number of phenolic OH excluding ortho intramolecular Hbond substituents is 3. The number of phenols is 3. The van der Waals surface area contributed by atoms with Crippen molar-refractivity contribution in [2.75, 3.05) is 13.2 Å². The smallest absolute Gasteiger partial charge is 0.416 e. The monoisotopic (exact) mass is 557 g/mol. The number of aromatic carboxylic acids is 1. The normalized spacial score (nSPS) is 11.4. The van der Waals surface area contributed by atoms with Gasteiger partial charge in [-0.2, -0.15) is 13.2 Å². The van der Waals surface area contributed by atoms with Crippen molar-refractivity contribution in [3.05, 3.63) is 89.0 Å². The molecule has 0 aromatic heterocycles. The van der Waals surface area contributed by atoms with Crippen LogP contribution in [-0.2, 0) is 17.3 Å². The van der Waals surface area contributed by atoms with E-state index in [0.29, 0.717) is 24.1 Å². The van der Waals surface area contributed by atoms with Gasteiger partial charge < -0.3 is 30.5 Å². The van der Waals surface area contributed by atoms with E-state index in [9.17, 15) is 22.8 Å². The molecule has 0 amide bonds.